The van der Waals surface area contributed by atoms with Crippen LogP contribution < -0.4 is 0 Å². The first-order chi connectivity index (χ1) is 11.3. The number of fused-ring (bicyclic) bond motifs is 1. The summed E-state index contributed by atoms with van der Waals surface area (Å²) in [4.78, 5) is 0. The van der Waals surface area contributed by atoms with Crippen LogP contribution in [0.2, 0.25) is 5.02 Å². The number of ether oxygens (including phenoxy) is 4. The van der Waals surface area contributed by atoms with E-state index in [0.717, 1.165) is 10.0 Å². The van der Waals surface area contributed by atoms with Gasteiger partial charge in [-0.25, -0.2) is 0 Å². The molecule has 2 saturated heterocycles. The second kappa shape index (κ2) is 7.19. The Morgan fingerprint density at radius 2 is 2.12 bits per heavy atom. The topological polar surface area (TPSA) is 57.2 Å². The molecule has 2 heterocycles. The fourth-order valence-electron chi connectivity index (χ4n) is 3.08. The molecule has 0 aliphatic carbocycles. The summed E-state index contributed by atoms with van der Waals surface area (Å²) in [5, 5.41) is 10.9. The number of halogens is 2. The van der Waals surface area contributed by atoms with Gasteiger partial charge in [-0.1, -0.05) is 30.7 Å². The number of rotatable bonds is 5. The largest absolute Gasteiger partial charge is 0.390 e. The Morgan fingerprint density at radius 3 is 2.83 bits per heavy atom. The lowest BCUT2D eigenvalue weighted by Crippen LogP contribution is -2.42. The Labute approximate surface area is 155 Å². The van der Waals surface area contributed by atoms with E-state index >= 15 is 0 Å². The predicted molar refractivity (Wildman–Crippen MR) is 92.7 cm³/mol. The summed E-state index contributed by atoms with van der Waals surface area (Å²) in [5.74, 6) is -0.730. The first kappa shape index (κ1) is 18.6. The molecule has 7 heteroatoms. The van der Waals surface area contributed by atoms with Crippen LogP contribution >= 0.6 is 27.5 Å². The molecule has 2 aliphatic rings. The van der Waals surface area contributed by atoms with E-state index in [-0.39, 0.29) is 6.10 Å². The lowest BCUT2D eigenvalue weighted by Gasteiger charge is -2.28. The SMILES string of the molecule is CC[C@@H](O)[C@H]1O[C@@H]2OC(C)(C)O[C@@H]2[C@H]1OCc1cccc(Br)c1Cl. The van der Waals surface area contributed by atoms with E-state index in [0.29, 0.717) is 18.1 Å². The minimum Gasteiger partial charge on any atom is -0.390 e. The molecule has 24 heavy (non-hydrogen) atoms. The number of aliphatic hydroxyl groups excluding tert-OH is 1. The fraction of sp³-hybridized carbons (Fsp3) is 0.647. The van der Waals surface area contributed by atoms with Gasteiger partial charge >= 0.3 is 0 Å². The van der Waals surface area contributed by atoms with Gasteiger partial charge in [0, 0.05) is 4.47 Å². The average molecular weight is 422 g/mol. The Morgan fingerprint density at radius 1 is 1.38 bits per heavy atom. The molecule has 0 unspecified atom stereocenters. The number of hydrogen-bond acceptors (Lipinski definition) is 5. The van der Waals surface area contributed by atoms with E-state index in [9.17, 15) is 5.11 Å². The Kier molecular flexibility index (Phi) is 5.57. The van der Waals surface area contributed by atoms with Crippen molar-refractivity contribution in [3.63, 3.8) is 0 Å². The van der Waals surface area contributed by atoms with Crippen LogP contribution in [0, 0.1) is 0 Å². The molecular weight excluding hydrogens is 400 g/mol. The summed E-state index contributed by atoms with van der Waals surface area (Å²) in [7, 11) is 0. The van der Waals surface area contributed by atoms with Crippen molar-refractivity contribution in [2.75, 3.05) is 0 Å². The molecule has 134 valence electrons. The molecule has 5 atom stereocenters. The van der Waals surface area contributed by atoms with Gasteiger partial charge < -0.3 is 24.1 Å². The van der Waals surface area contributed by atoms with Crippen LogP contribution in [0.3, 0.4) is 0 Å². The highest BCUT2D eigenvalue weighted by molar-refractivity contribution is 9.10. The molecule has 0 aromatic heterocycles. The Hall–Kier alpha value is -0.210. The van der Waals surface area contributed by atoms with Gasteiger partial charge in [0.1, 0.15) is 18.3 Å². The van der Waals surface area contributed by atoms with Gasteiger partial charge in [0.2, 0.25) is 0 Å². The third-order valence-corrected chi connectivity index (χ3v) is 5.62. The molecule has 0 saturated carbocycles. The third kappa shape index (κ3) is 3.65. The minimum absolute atomic E-state index is 0.298. The zero-order chi connectivity index (χ0) is 17.5. The summed E-state index contributed by atoms with van der Waals surface area (Å²) < 4.78 is 24.4. The smallest absolute Gasteiger partial charge is 0.190 e. The van der Waals surface area contributed by atoms with Gasteiger partial charge in [-0.15, -0.1) is 0 Å². The van der Waals surface area contributed by atoms with Gasteiger partial charge in [0.25, 0.3) is 0 Å². The second-order valence-corrected chi connectivity index (χ2v) is 7.77. The van der Waals surface area contributed by atoms with Crippen molar-refractivity contribution in [3.05, 3.63) is 33.3 Å². The van der Waals surface area contributed by atoms with Crippen LogP contribution in [0.5, 0.6) is 0 Å². The first-order valence-electron chi connectivity index (χ1n) is 8.06. The maximum absolute atomic E-state index is 10.3. The van der Waals surface area contributed by atoms with Crippen molar-refractivity contribution in [2.24, 2.45) is 0 Å². The van der Waals surface area contributed by atoms with E-state index in [2.05, 4.69) is 15.9 Å². The van der Waals surface area contributed by atoms with Crippen molar-refractivity contribution >= 4 is 27.5 Å². The van der Waals surface area contributed by atoms with Gasteiger partial charge in [0.05, 0.1) is 17.7 Å². The van der Waals surface area contributed by atoms with Crippen molar-refractivity contribution in [2.45, 2.75) is 70.3 Å². The molecule has 2 fully saturated rings. The molecule has 0 amide bonds. The minimum atomic E-state index is -0.730. The first-order valence-corrected chi connectivity index (χ1v) is 9.23. The number of aliphatic hydroxyl groups is 1. The molecule has 1 aromatic carbocycles. The van der Waals surface area contributed by atoms with Crippen molar-refractivity contribution in [1.29, 1.82) is 0 Å². The van der Waals surface area contributed by atoms with Gasteiger partial charge in [-0.2, -0.15) is 0 Å². The van der Waals surface area contributed by atoms with Crippen LogP contribution in [0.25, 0.3) is 0 Å². The predicted octanol–water partition coefficient (Wildman–Crippen LogP) is 3.64. The molecular formula is C17H22BrClO5. The number of hydrogen-bond donors (Lipinski definition) is 1. The molecule has 1 aromatic rings. The summed E-state index contributed by atoms with van der Waals surface area (Å²) in [6, 6.07) is 5.68. The highest BCUT2D eigenvalue weighted by atomic mass is 79.9. The molecule has 3 rings (SSSR count). The zero-order valence-corrected chi connectivity index (χ0v) is 16.2. The molecule has 0 spiro atoms. The zero-order valence-electron chi connectivity index (χ0n) is 13.9. The van der Waals surface area contributed by atoms with Crippen molar-refractivity contribution in [3.8, 4) is 0 Å². The highest BCUT2D eigenvalue weighted by Crippen LogP contribution is 2.40. The van der Waals surface area contributed by atoms with Gasteiger partial charge in [-0.05, 0) is 47.8 Å². The van der Waals surface area contributed by atoms with E-state index in [1.807, 2.05) is 39.0 Å². The molecule has 2 aliphatic heterocycles. The van der Waals surface area contributed by atoms with E-state index < -0.39 is 30.4 Å². The molecule has 0 radical (unpaired) electrons. The van der Waals surface area contributed by atoms with Crippen LogP contribution in [0.4, 0.5) is 0 Å². The third-order valence-electron chi connectivity index (χ3n) is 4.29. The number of benzene rings is 1. The van der Waals surface area contributed by atoms with Gasteiger partial charge in [0.15, 0.2) is 12.1 Å². The molecule has 5 nitrogen and oxygen atoms in total. The fourth-order valence-corrected chi connectivity index (χ4v) is 3.67. The summed E-state index contributed by atoms with van der Waals surface area (Å²) in [5.41, 5.74) is 0.859. The van der Waals surface area contributed by atoms with Crippen molar-refractivity contribution in [1.82, 2.24) is 0 Å². The average Bonchev–Trinajstić information content (AvgIpc) is 3.00. The molecule has 0 bridgehead atoms. The Bertz CT molecular complexity index is 596. The van der Waals surface area contributed by atoms with E-state index in [1.165, 1.54) is 0 Å². The van der Waals surface area contributed by atoms with E-state index in [4.69, 9.17) is 30.5 Å². The van der Waals surface area contributed by atoms with Crippen molar-refractivity contribution < 1.29 is 24.1 Å². The Balaban J connectivity index is 1.75. The van der Waals surface area contributed by atoms with E-state index in [1.54, 1.807) is 0 Å². The summed E-state index contributed by atoms with van der Waals surface area (Å²) in [6.07, 6.45) is -1.92. The maximum atomic E-state index is 10.3. The normalized spacial score (nSPS) is 32.8. The monoisotopic (exact) mass is 420 g/mol. The summed E-state index contributed by atoms with van der Waals surface area (Å²) in [6.45, 7) is 5.87. The quantitative estimate of drug-likeness (QED) is 0.787. The maximum Gasteiger partial charge on any atom is 0.190 e. The standard InChI is InChI=1S/C17H22BrClO5/c1-4-11(20)13-14(15-16(22-13)24-17(2,3)23-15)21-8-9-6-5-7-10(18)12(9)19/h5-7,11,13-16,20H,4,8H2,1-3H3/t11-,13-,14+,15-,16-/m1/s1. The van der Waals surface area contributed by atoms with Crippen LogP contribution in [-0.2, 0) is 25.6 Å². The second-order valence-electron chi connectivity index (χ2n) is 6.53. The van der Waals surface area contributed by atoms with Gasteiger partial charge in [-0.3, -0.25) is 0 Å². The summed E-state index contributed by atoms with van der Waals surface area (Å²) >= 11 is 9.71. The van der Waals surface area contributed by atoms with Crippen LogP contribution in [0.1, 0.15) is 32.8 Å². The van der Waals surface area contributed by atoms with Crippen LogP contribution in [-0.4, -0.2) is 41.6 Å². The molecule has 1 N–H and O–H groups in total. The lowest BCUT2D eigenvalue weighted by molar-refractivity contribution is -0.230. The van der Waals surface area contributed by atoms with Crippen LogP contribution in [0.15, 0.2) is 22.7 Å². The lowest BCUT2D eigenvalue weighted by atomic mass is 10.0. The highest BCUT2D eigenvalue weighted by Gasteiger charge is 2.56.